The zero-order chi connectivity index (χ0) is 14.2. The molecule has 2 heterocycles. The number of nitrogens with zero attached hydrogens (tertiary/aromatic N) is 2. The van der Waals surface area contributed by atoms with E-state index in [4.69, 9.17) is 25.4 Å². The molecule has 1 aliphatic rings. The van der Waals surface area contributed by atoms with E-state index in [0.717, 1.165) is 10.8 Å². The van der Waals surface area contributed by atoms with Gasteiger partial charge in [0.1, 0.15) is 22.8 Å². The van der Waals surface area contributed by atoms with Crippen LogP contribution in [0.3, 0.4) is 0 Å². The molecule has 1 aliphatic heterocycles. The van der Waals surface area contributed by atoms with Crippen LogP contribution in [0.2, 0.25) is 0 Å². The molecular weight excluding hydrogens is 297 g/mol. The van der Waals surface area contributed by atoms with Gasteiger partial charge >= 0.3 is 13.3 Å². The van der Waals surface area contributed by atoms with Crippen LogP contribution in [0.25, 0.3) is 0 Å². The number of aliphatic hydroxyl groups excluding tert-OH is 1. The van der Waals surface area contributed by atoms with Crippen molar-refractivity contribution in [1.29, 1.82) is 0 Å². The molecule has 2 rings (SSSR count). The van der Waals surface area contributed by atoms with Crippen LogP contribution in [0.4, 0.5) is 5.82 Å². The molecule has 0 unspecified atom stereocenters. The van der Waals surface area contributed by atoms with E-state index >= 15 is 0 Å². The number of anilines is 1. The third-order valence-electron chi connectivity index (χ3n) is 2.47. The summed E-state index contributed by atoms with van der Waals surface area (Å²) in [5, 5.41) is 8.41. The average Bonchev–Trinajstić information content (AvgIpc) is 2.75. The lowest BCUT2D eigenvalue weighted by molar-refractivity contribution is -0.00616. The van der Waals surface area contributed by atoms with Crippen LogP contribution in [-0.2, 0) is 9.30 Å². The van der Waals surface area contributed by atoms with Gasteiger partial charge in [0.05, 0.1) is 6.61 Å². The van der Waals surface area contributed by atoms with Crippen LogP contribution in [0.15, 0.2) is 11.0 Å². The van der Waals surface area contributed by atoms with Crippen molar-refractivity contribution in [2.75, 3.05) is 18.1 Å². The minimum atomic E-state index is -4.62. The van der Waals surface area contributed by atoms with Crippen molar-refractivity contribution >= 4 is 30.5 Å². The lowest BCUT2D eigenvalue weighted by Crippen LogP contribution is -2.33. The van der Waals surface area contributed by atoms with Crippen molar-refractivity contribution in [1.82, 2.24) is 9.55 Å². The molecule has 1 saturated heterocycles. The van der Waals surface area contributed by atoms with Gasteiger partial charge in [-0.1, -0.05) is 0 Å². The number of nitrogen functional groups attached to an aromatic ring is 1. The topological polar surface area (TPSA) is 148 Å². The molecule has 0 amide bonds. The molecule has 1 fully saturated rings. The predicted octanol–water partition coefficient (Wildman–Crippen LogP) is -1.79. The molecule has 9 nitrogen and oxygen atoms in total. The Morgan fingerprint density at radius 3 is 2.84 bits per heavy atom. The summed E-state index contributed by atoms with van der Waals surface area (Å²) in [7, 11) is -4.62. The average molecular weight is 309 g/mol. The van der Waals surface area contributed by atoms with Gasteiger partial charge in [-0.25, -0.2) is 4.79 Å². The lowest BCUT2D eigenvalue weighted by Gasteiger charge is -2.16. The Balaban J connectivity index is 2.42. The molecule has 0 aliphatic carbocycles. The van der Waals surface area contributed by atoms with Crippen LogP contribution in [-0.4, -0.2) is 42.2 Å². The SMILES string of the molecule is Nc1nc(=O)n([C@H]2CS[C@@H](CO)O2)cc1P(=O)(O)O. The van der Waals surface area contributed by atoms with Crippen molar-refractivity contribution in [3.63, 3.8) is 0 Å². The number of ether oxygens (including phenoxy) is 1. The largest absolute Gasteiger partial charge is 0.393 e. The van der Waals surface area contributed by atoms with Gasteiger partial charge < -0.3 is 25.4 Å². The van der Waals surface area contributed by atoms with E-state index < -0.39 is 36.1 Å². The van der Waals surface area contributed by atoms with Crippen molar-refractivity contribution in [2.24, 2.45) is 0 Å². The summed E-state index contributed by atoms with van der Waals surface area (Å²) >= 11 is 1.29. The van der Waals surface area contributed by atoms with Gasteiger partial charge in [0.15, 0.2) is 0 Å². The molecule has 106 valence electrons. The highest BCUT2D eigenvalue weighted by Gasteiger charge is 2.30. The lowest BCUT2D eigenvalue weighted by atomic mass is 10.5. The van der Waals surface area contributed by atoms with Gasteiger partial charge in [-0.15, -0.1) is 11.8 Å². The molecule has 19 heavy (non-hydrogen) atoms. The minimum absolute atomic E-state index is 0.219. The van der Waals surface area contributed by atoms with Crippen LogP contribution in [0, 0.1) is 0 Å². The fourth-order valence-electron chi connectivity index (χ4n) is 1.59. The molecule has 11 heteroatoms. The van der Waals surface area contributed by atoms with Crippen LogP contribution in [0.1, 0.15) is 6.23 Å². The second kappa shape index (κ2) is 5.23. The molecular formula is C8H12N3O6PS. The van der Waals surface area contributed by atoms with Crippen LogP contribution in [0.5, 0.6) is 0 Å². The summed E-state index contributed by atoms with van der Waals surface area (Å²) in [5.74, 6) is -0.143. The maximum atomic E-state index is 11.7. The molecule has 0 radical (unpaired) electrons. The summed E-state index contributed by atoms with van der Waals surface area (Å²) in [6.07, 6.45) is 0.212. The van der Waals surface area contributed by atoms with E-state index in [-0.39, 0.29) is 6.61 Å². The van der Waals surface area contributed by atoms with Gasteiger partial charge in [0.2, 0.25) is 0 Å². The van der Waals surface area contributed by atoms with Gasteiger partial charge in [-0.2, -0.15) is 4.98 Å². The van der Waals surface area contributed by atoms with Crippen molar-refractivity contribution in [3.05, 3.63) is 16.7 Å². The molecule has 0 bridgehead atoms. The maximum Gasteiger partial charge on any atom is 0.361 e. The van der Waals surface area contributed by atoms with E-state index in [9.17, 15) is 9.36 Å². The summed E-state index contributed by atoms with van der Waals surface area (Å²) in [5.41, 5.74) is 4.08. The van der Waals surface area contributed by atoms with E-state index in [1.54, 1.807) is 0 Å². The van der Waals surface area contributed by atoms with E-state index in [2.05, 4.69) is 4.98 Å². The van der Waals surface area contributed by atoms with Gasteiger partial charge in [-0.3, -0.25) is 9.13 Å². The number of rotatable bonds is 3. The number of nitrogens with two attached hydrogens (primary N) is 1. The zero-order valence-electron chi connectivity index (χ0n) is 9.54. The second-order valence-corrected chi connectivity index (χ2v) is 6.54. The zero-order valence-corrected chi connectivity index (χ0v) is 11.3. The standard InChI is InChI=1S/C8H12N3O6PS/c9-7-4(18(14,15)16)1-11(8(13)10-7)5-3-19-6(2-12)17-5/h1,5-6,12H,2-3H2,(H2,9,10,13)(H2,14,15,16)/t5-,6+/m1/s1. The Hall–Kier alpha value is -0.900. The molecule has 0 saturated carbocycles. The molecule has 0 aromatic carbocycles. The monoisotopic (exact) mass is 309 g/mol. The van der Waals surface area contributed by atoms with Gasteiger partial charge in [0, 0.05) is 11.9 Å². The Kier molecular flexibility index (Phi) is 4.00. The second-order valence-electron chi connectivity index (χ2n) is 3.78. The van der Waals surface area contributed by atoms with Crippen molar-refractivity contribution < 1.29 is 24.2 Å². The third-order valence-corrected chi connectivity index (χ3v) is 4.55. The Morgan fingerprint density at radius 1 is 1.63 bits per heavy atom. The first-order valence-corrected chi connectivity index (χ1v) is 7.81. The number of aromatic nitrogens is 2. The van der Waals surface area contributed by atoms with Gasteiger partial charge in [-0.05, 0) is 0 Å². The molecule has 0 spiro atoms. The predicted molar refractivity (Wildman–Crippen MR) is 68.0 cm³/mol. The molecule has 1 aromatic rings. The smallest absolute Gasteiger partial charge is 0.361 e. The molecule has 2 atom stereocenters. The van der Waals surface area contributed by atoms with E-state index in [1.165, 1.54) is 11.8 Å². The summed E-state index contributed by atoms with van der Waals surface area (Å²) in [4.78, 5) is 33.3. The number of hydrogen-bond acceptors (Lipinski definition) is 7. The number of hydrogen-bond donors (Lipinski definition) is 4. The number of thioether (sulfide) groups is 1. The van der Waals surface area contributed by atoms with Crippen LogP contribution >= 0.6 is 19.4 Å². The van der Waals surface area contributed by atoms with Gasteiger partial charge in [0.25, 0.3) is 0 Å². The fraction of sp³-hybridized carbons (Fsp3) is 0.500. The Labute approximate surface area is 111 Å². The normalized spacial score (nSPS) is 23.7. The van der Waals surface area contributed by atoms with E-state index in [0.29, 0.717) is 5.75 Å². The highest BCUT2D eigenvalue weighted by atomic mass is 32.2. The van der Waals surface area contributed by atoms with Crippen molar-refractivity contribution in [3.8, 4) is 0 Å². The van der Waals surface area contributed by atoms with E-state index in [1.807, 2.05) is 0 Å². The minimum Gasteiger partial charge on any atom is -0.393 e. The molecule has 5 N–H and O–H groups in total. The van der Waals surface area contributed by atoms with Crippen LogP contribution < -0.4 is 16.7 Å². The first kappa shape index (κ1) is 14.5. The first-order chi connectivity index (χ1) is 8.82. The quantitative estimate of drug-likeness (QED) is 0.475. The molecule has 1 aromatic heterocycles. The number of aliphatic hydroxyl groups is 1. The Bertz CT molecular complexity index is 586. The van der Waals surface area contributed by atoms with Crippen molar-refractivity contribution in [2.45, 2.75) is 11.7 Å². The highest BCUT2D eigenvalue weighted by molar-refractivity contribution is 8.00. The highest BCUT2D eigenvalue weighted by Crippen LogP contribution is 2.35. The summed E-state index contributed by atoms with van der Waals surface area (Å²) in [6.45, 7) is -0.219. The fourth-order valence-corrected chi connectivity index (χ4v) is 3.14. The maximum absolute atomic E-state index is 11.7. The summed E-state index contributed by atoms with van der Waals surface area (Å²) in [6, 6.07) is 0. The third kappa shape index (κ3) is 2.99. The summed E-state index contributed by atoms with van der Waals surface area (Å²) < 4.78 is 17.5. The Morgan fingerprint density at radius 2 is 2.32 bits per heavy atom. The first-order valence-electron chi connectivity index (χ1n) is 5.15.